The Balaban J connectivity index is 1.71. The first-order chi connectivity index (χ1) is 12.6. The minimum absolute atomic E-state index is 0.0534. The van der Waals surface area contributed by atoms with Gasteiger partial charge in [-0.3, -0.25) is 4.79 Å². The average Bonchev–Trinajstić information content (AvgIpc) is 2.99. The third-order valence-corrected chi connectivity index (χ3v) is 5.06. The highest BCUT2D eigenvalue weighted by atomic mass is 19.1. The second-order valence-electron chi connectivity index (χ2n) is 6.72. The third-order valence-electron chi connectivity index (χ3n) is 5.06. The van der Waals surface area contributed by atoms with Crippen LogP contribution in [0.1, 0.15) is 24.5 Å². The molecule has 5 heteroatoms. The zero-order valence-corrected chi connectivity index (χ0v) is 14.4. The number of aryl methyl sites for hydroxylation is 1. The number of hydrogen-bond acceptors (Lipinski definition) is 2. The highest BCUT2D eigenvalue weighted by Gasteiger charge is 2.28. The minimum atomic E-state index is -0.277. The largest absolute Gasteiger partial charge is 0.337 e. The molecule has 2 heterocycles. The molecule has 2 aromatic carbocycles. The monoisotopic (exact) mass is 347 g/mol. The smallest absolute Gasteiger partial charge is 0.247 e. The number of benzene rings is 2. The summed E-state index contributed by atoms with van der Waals surface area (Å²) < 4.78 is 15.4. The molecule has 0 saturated heterocycles. The molecule has 0 N–H and O–H groups in total. The van der Waals surface area contributed by atoms with Crippen molar-refractivity contribution in [2.24, 2.45) is 0 Å². The van der Waals surface area contributed by atoms with Crippen molar-refractivity contribution >= 4 is 22.5 Å². The van der Waals surface area contributed by atoms with Crippen molar-refractivity contribution in [1.82, 2.24) is 4.57 Å². The van der Waals surface area contributed by atoms with Gasteiger partial charge in [0.25, 0.3) is 0 Å². The van der Waals surface area contributed by atoms with E-state index in [1.165, 1.54) is 12.1 Å². The van der Waals surface area contributed by atoms with E-state index in [0.717, 1.165) is 35.0 Å². The fourth-order valence-electron chi connectivity index (χ4n) is 3.79. The molecule has 0 spiro atoms. The summed E-state index contributed by atoms with van der Waals surface area (Å²) in [6.45, 7) is 2.15. The lowest BCUT2D eigenvalue weighted by Gasteiger charge is -2.35. The fourth-order valence-corrected chi connectivity index (χ4v) is 3.79. The summed E-state index contributed by atoms with van der Waals surface area (Å²) in [6, 6.07) is 14.4. The molecular weight excluding hydrogens is 329 g/mol. The summed E-state index contributed by atoms with van der Waals surface area (Å²) >= 11 is 0. The summed E-state index contributed by atoms with van der Waals surface area (Å²) in [5, 5.41) is 10.2. The van der Waals surface area contributed by atoms with Gasteiger partial charge >= 0.3 is 0 Å². The molecule has 1 amide bonds. The van der Waals surface area contributed by atoms with E-state index in [1.54, 1.807) is 17.2 Å². The normalized spacial score (nSPS) is 16.3. The molecule has 0 bridgehead atoms. The maximum absolute atomic E-state index is 13.5. The van der Waals surface area contributed by atoms with E-state index >= 15 is 0 Å². The van der Waals surface area contributed by atoms with E-state index < -0.39 is 0 Å². The molecule has 0 fully saturated rings. The van der Waals surface area contributed by atoms with Gasteiger partial charge in [-0.2, -0.15) is 5.26 Å². The first-order valence-corrected chi connectivity index (χ1v) is 8.67. The summed E-state index contributed by atoms with van der Waals surface area (Å²) in [7, 11) is 0. The van der Waals surface area contributed by atoms with Gasteiger partial charge in [0.1, 0.15) is 18.4 Å². The third kappa shape index (κ3) is 2.64. The number of carbonyl (C=O) groups excluding carboxylic acids is 1. The molecule has 0 radical (unpaired) electrons. The first-order valence-electron chi connectivity index (χ1n) is 8.67. The van der Waals surface area contributed by atoms with E-state index in [2.05, 4.69) is 6.07 Å². The second kappa shape index (κ2) is 6.30. The zero-order chi connectivity index (χ0) is 18.3. The van der Waals surface area contributed by atoms with E-state index in [4.69, 9.17) is 0 Å². The van der Waals surface area contributed by atoms with Gasteiger partial charge < -0.3 is 9.47 Å². The van der Waals surface area contributed by atoms with Crippen molar-refractivity contribution < 1.29 is 9.18 Å². The van der Waals surface area contributed by atoms with Crippen LogP contribution < -0.4 is 4.90 Å². The van der Waals surface area contributed by atoms with Gasteiger partial charge in [-0.25, -0.2) is 4.39 Å². The van der Waals surface area contributed by atoms with Crippen LogP contribution in [0.3, 0.4) is 0 Å². The van der Waals surface area contributed by atoms with Crippen LogP contribution in [-0.4, -0.2) is 16.5 Å². The summed E-state index contributed by atoms with van der Waals surface area (Å²) in [4.78, 5) is 14.9. The number of halogens is 1. The van der Waals surface area contributed by atoms with Gasteiger partial charge in [0.15, 0.2) is 0 Å². The topological polar surface area (TPSA) is 49.0 Å². The number of anilines is 1. The van der Waals surface area contributed by atoms with Crippen molar-refractivity contribution in [1.29, 1.82) is 5.26 Å². The summed E-state index contributed by atoms with van der Waals surface area (Å²) in [6.07, 6.45) is 3.30. The van der Waals surface area contributed by atoms with Crippen LogP contribution in [0.5, 0.6) is 0 Å². The Morgan fingerprint density at radius 2 is 2.12 bits per heavy atom. The maximum Gasteiger partial charge on any atom is 0.247 e. The van der Waals surface area contributed by atoms with Crippen molar-refractivity contribution in [3.05, 3.63) is 65.6 Å². The number of hydrogen-bond donors (Lipinski definition) is 0. The molecular formula is C21H18FN3O. The highest BCUT2D eigenvalue weighted by molar-refractivity contribution is 5.96. The Hall–Kier alpha value is -3.13. The Bertz CT molecular complexity index is 1050. The van der Waals surface area contributed by atoms with Crippen molar-refractivity contribution in [3.63, 3.8) is 0 Å². The molecule has 4 rings (SSSR count). The quantitative estimate of drug-likeness (QED) is 0.703. The number of carbonyl (C=O) groups is 1. The number of fused-ring (bicyclic) bond motifs is 2. The van der Waals surface area contributed by atoms with Gasteiger partial charge in [-0.05, 0) is 49.6 Å². The summed E-state index contributed by atoms with van der Waals surface area (Å²) in [5.74, 6) is -0.337. The number of para-hydroxylation sites is 1. The first kappa shape index (κ1) is 16.3. The Morgan fingerprint density at radius 1 is 1.31 bits per heavy atom. The molecule has 0 saturated carbocycles. The van der Waals surface area contributed by atoms with Crippen molar-refractivity contribution in [3.8, 4) is 6.07 Å². The van der Waals surface area contributed by atoms with Gasteiger partial charge in [0, 0.05) is 28.8 Å². The molecule has 1 aliphatic rings. The van der Waals surface area contributed by atoms with Gasteiger partial charge in [-0.15, -0.1) is 0 Å². The predicted octanol–water partition coefficient (Wildman–Crippen LogP) is 4.02. The highest BCUT2D eigenvalue weighted by Crippen LogP contribution is 2.32. The van der Waals surface area contributed by atoms with E-state index in [1.807, 2.05) is 35.8 Å². The molecule has 0 unspecified atom stereocenters. The molecule has 1 aliphatic heterocycles. The van der Waals surface area contributed by atoms with E-state index in [9.17, 15) is 14.4 Å². The van der Waals surface area contributed by atoms with Crippen molar-refractivity contribution in [2.45, 2.75) is 32.4 Å². The maximum atomic E-state index is 13.5. The number of aromatic nitrogens is 1. The van der Waals surface area contributed by atoms with Gasteiger partial charge in [0.05, 0.1) is 5.56 Å². The molecule has 4 nitrogen and oxygen atoms in total. The lowest BCUT2D eigenvalue weighted by molar-refractivity contribution is -0.119. The number of amides is 1. The van der Waals surface area contributed by atoms with E-state index in [-0.39, 0.29) is 24.3 Å². The number of nitriles is 1. The molecule has 3 aromatic rings. The Kier molecular flexibility index (Phi) is 3.96. The standard InChI is InChI=1S/C21H18FN3O/c1-14-6-7-15-10-17(22)8-9-19(15)25(14)21(26)13-24-12-16(11-23)18-4-2-3-5-20(18)24/h2-5,8-10,12,14H,6-7,13H2,1H3/t14-/m1/s1. The van der Waals surface area contributed by atoms with Crippen LogP contribution in [0, 0.1) is 17.1 Å². The number of rotatable bonds is 2. The number of nitrogens with zero attached hydrogens (tertiary/aromatic N) is 3. The van der Waals surface area contributed by atoms with Crippen LogP contribution in [0.25, 0.3) is 10.9 Å². The molecule has 1 aromatic heterocycles. The molecule has 0 aliphatic carbocycles. The van der Waals surface area contributed by atoms with Crippen LogP contribution in [0.4, 0.5) is 10.1 Å². The van der Waals surface area contributed by atoms with Crippen LogP contribution >= 0.6 is 0 Å². The van der Waals surface area contributed by atoms with Crippen molar-refractivity contribution in [2.75, 3.05) is 4.90 Å². The van der Waals surface area contributed by atoms with Gasteiger partial charge in [-0.1, -0.05) is 18.2 Å². The SMILES string of the molecule is C[C@@H]1CCc2cc(F)ccc2N1C(=O)Cn1cc(C#N)c2ccccc21. The summed E-state index contributed by atoms with van der Waals surface area (Å²) in [5.41, 5.74) is 3.07. The predicted molar refractivity (Wildman–Crippen MR) is 98.3 cm³/mol. The molecule has 26 heavy (non-hydrogen) atoms. The lowest BCUT2D eigenvalue weighted by Crippen LogP contribution is -2.43. The van der Waals surface area contributed by atoms with Crippen LogP contribution in [-0.2, 0) is 17.8 Å². The fraction of sp³-hybridized carbons (Fsp3) is 0.238. The van der Waals surface area contributed by atoms with E-state index in [0.29, 0.717) is 5.56 Å². The minimum Gasteiger partial charge on any atom is -0.337 e. The second-order valence-corrected chi connectivity index (χ2v) is 6.72. The lowest BCUT2D eigenvalue weighted by atomic mass is 9.96. The van der Waals surface area contributed by atoms with Crippen LogP contribution in [0.2, 0.25) is 0 Å². The average molecular weight is 347 g/mol. The van der Waals surface area contributed by atoms with Crippen LogP contribution in [0.15, 0.2) is 48.7 Å². The Morgan fingerprint density at radius 3 is 2.92 bits per heavy atom. The zero-order valence-electron chi connectivity index (χ0n) is 14.4. The Labute approximate surface area is 151 Å². The molecule has 1 atom stereocenters. The van der Waals surface area contributed by atoms with Gasteiger partial charge in [0.2, 0.25) is 5.91 Å². The molecule has 130 valence electrons.